The van der Waals surface area contributed by atoms with E-state index in [1.54, 1.807) is 0 Å². The normalized spacial score (nSPS) is 12.1. The van der Waals surface area contributed by atoms with E-state index in [0.29, 0.717) is 0 Å². The van der Waals surface area contributed by atoms with Gasteiger partial charge in [-0.05, 0) is 81.2 Å². The van der Waals surface area contributed by atoms with E-state index in [4.69, 9.17) is 9.97 Å². The first-order chi connectivity index (χ1) is 26.8. The first kappa shape index (κ1) is 29.3. The van der Waals surface area contributed by atoms with Gasteiger partial charge in [-0.15, -0.1) is 0 Å². The van der Waals surface area contributed by atoms with E-state index in [1.165, 1.54) is 65.3 Å². The highest BCUT2D eigenvalue weighted by Crippen LogP contribution is 2.48. The van der Waals surface area contributed by atoms with E-state index in [9.17, 15) is 0 Å². The number of benzene rings is 8. The fourth-order valence-electron chi connectivity index (χ4n) is 8.97. The molecule has 0 spiro atoms. The minimum Gasteiger partial charge on any atom is -0.309 e. The van der Waals surface area contributed by atoms with Gasteiger partial charge < -0.3 is 4.57 Å². The topological polar surface area (TPSA) is 35.6 Å². The highest BCUT2D eigenvalue weighted by Gasteiger charge is 2.26. The second-order valence-electron chi connectivity index (χ2n) is 14.1. The van der Waals surface area contributed by atoms with E-state index < -0.39 is 0 Å². The standard InChI is InChI=1S/C50H30N4/c1-3-13-31(14-4-1)32-25-27-33(28-26-32)49-50(52-40-22-10-9-21-39(40)51-49)54-42-24-12-20-38-36-18-8-7-17-35(36)37-19-11-23-41-45(37)47-43(29-30-44(54)48(47)46(38)42)53(41)34-15-5-2-6-16-34/h1-30H. The monoisotopic (exact) mass is 686 g/mol. The lowest BCUT2D eigenvalue weighted by molar-refractivity contribution is 1.08. The van der Waals surface area contributed by atoms with Crippen LogP contribution < -0.4 is 0 Å². The molecule has 0 radical (unpaired) electrons. The molecule has 54 heavy (non-hydrogen) atoms. The lowest BCUT2D eigenvalue weighted by Crippen LogP contribution is -2.03. The third kappa shape index (κ3) is 4.02. The summed E-state index contributed by atoms with van der Waals surface area (Å²) in [5.74, 6) is 0.817. The van der Waals surface area contributed by atoms with E-state index in [0.717, 1.165) is 44.8 Å². The summed E-state index contributed by atoms with van der Waals surface area (Å²) in [5.41, 5.74) is 11.7. The Hall–Kier alpha value is -7.30. The molecule has 12 rings (SSSR count). The molecule has 0 aliphatic heterocycles. The molecule has 3 heterocycles. The Morgan fingerprint density at radius 1 is 0.296 bits per heavy atom. The van der Waals surface area contributed by atoms with Crippen LogP contribution in [0.15, 0.2) is 182 Å². The molecular formula is C50H30N4. The number of hydrogen-bond acceptors (Lipinski definition) is 2. The number of aromatic nitrogens is 4. The molecule has 9 aromatic carbocycles. The van der Waals surface area contributed by atoms with Gasteiger partial charge in [-0.1, -0.05) is 133 Å². The van der Waals surface area contributed by atoms with Crippen LogP contribution in [0.4, 0.5) is 0 Å². The third-order valence-electron chi connectivity index (χ3n) is 11.3. The van der Waals surface area contributed by atoms with Crippen LogP contribution in [0.25, 0.3) is 110 Å². The van der Waals surface area contributed by atoms with Crippen LogP contribution in [-0.2, 0) is 0 Å². The fraction of sp³-hybridized carbons (Fsp3) is 0. The van der Waals surface area contributed by atoms with Crippen LogP contribution in [-0.4, -0.2) is 19.1 Å². The molecule has 0 unspecified atom stereocenters. The maximum atomic E-state index is 5.48. The van der Waals surface area contributed by atoms with Crippen molar-refractivity contribution in [1.29, 1.82) is 0 Å². The summed E-state index contributed by atoms with van der Waals surface area (Å²) in [6.07, 6.45) is 0. The lowest BCUT2D eigenvalue weighted by Gasteiger charge is -2.14. The molecular weight excluding hydrogens is 657 g/mol. The van der Waals surface area contributed by atoms with Gasteiger partial charge in [0.1, 0.15) is 5.69 Å². The Labute approximate surface area is 310 Å². The van der Waals surface area contributed by atoms with Gasteiger partial charge in [-0.25, -0.2) is 9.97 Å². The molecule has 4 nitrogen and oxygen atoms in total. The molecule has 0 saturated heterocycles. The lowest BCUT2D eigenvalue weighted by atomic mass is 9.95. The van der Waals surface area contributed by atoms with E-state index in [2.05, 4.69) is 179 Å². The van der Waals surface area contributed by atoms with Crippen LogP contribution in [0.1, 0.15) is 0 Å². The van der Waals surface area contributed by atoms with Gasteiger partial charge in [0.2, 0.25) is 0 Å². The van der Waals surface area contributed by atoms with Crippen LogP contribution in [0.3, 0.4) is 0 Å². The number of nitrogens with zero attached hydrogens (tertiary/aromatic N) is 4. The molecule has 0 saturated carbocycles. The summed E-state index contributed by atoms with van der Waals surface area (Å²) >= 11 is 0. The Kier molecular flexibility index (Phi) is 6.02. The summed E-state index contributed by atoms with van der Waals surface area (Å²) in [4.78, 5) is 10.9. The van der Waals surface area contributed by atoms with Crippen molar-refractivity contribution in [3.05, 3.63) is 182 Å². The molecule has 0 aliphatic rings. The van der Waals surface area contributed by atoms with Gasteiger partial charge in [0.25, 0.3) is 0 Å². The predicted octanol–water partition coefficient (Wildman–Crippen LogP) is 12.9. The van der Waals surface area contributed by atoms with E-state index in [-0.39, 0.29) is 0 Å². The van der Waals surface area contributed by atoms with Gasteiger partial charge in [0.05, 0.1) is 33.1 Å². The van der Waals surface area contributed by atoms with Gasteiger partial charge >= 0.3 is 0 Å². The predicted molar refractivity (Wildman–Crippen MR) is 225 cm³/mol. The molecule has 12 aromatic rings. The van der Waals surface area contributed by atoms with Crippen molar-refractivity contribution >= 4 is 76.2 Å². The van der Waals surface area contributed by atoms with Gasteiger partial charge in [0.15, 0.2) is 5.82 Å². The van der Waals surface area contributed by atoms with Crippen molar-refractivity contribution in [3.8, 4) is 33.9 Å². The number of para-hydroxylation sites is 3. The zero-order valence-electron chi connectivity index (χ0n) is 29.1. The van der Waals surface area contributed by atoms with Crippen LogP contribution in [0.5, 0.6) is 0 Å². The number of hydrogen-bond donors (Lipinski definition) is 0. The van der Waals surface area contributed by atoms with E-state index >= 15 is 0 Å². The molecule has 3 aromatic heterocycles. The van der Waals surface area contributed by atoms with Gasteiger partial charge in [-0.3, -0.25) is 4.57 Å². The molecule has 0 amide bonds. The maximum absolute atomic E-state index is 5.48. The van der Waals surface area contributed by atoms with Crippen molar-refractivity contribution in [3.63, 3.8) is 0 Å². The second-order valence-corrected chi connectivity index (χ2v) is 14.1. The quantitative estimate of drug-likeness (QED) is 0.185. The third-order valence-corrected chi connectivity index (χ3v) is 11.3. The molecule has 4 heteroatoms. The minimum absolute atomic E-state index is 0.817. The summed E-state index contributed by atoms with van der Waals surface area (Å²) < 4.78 is 4.80. The Morgan fingerprint density at radius 2 is 0.759 bits per heavy atom. The smallest absolute Gasteiger partial charge is 0.165 e. The molecule has 250 valence electrons. The van der Waals surface area contributed by atoms with E-state index in [1.807, 2.05) is 12.1 Å². The highest BCUT2D eigenvalue weighted by molar-refractivity contribution is 6.39. The van der Waals surface area contributed by atoms with Crippen LogP contribution >= 0.6 is 0 Å². The molecule has 0 fully saturated rings. The van der Waals surface area contributed by atoms with Gasteiger partial charge in [-0.2, -0.15) is 0 Å². The molecule has 0 bridgehead atoms. The summed E-state index contributed by atoms with van der Waals surface area (Å²) in [6.45, 7) is 0. The zero-order valence-corrected chi connectivity index (χ0v) is 29.1. The highest BCUT2D eigenvalue weighted by atomic mass is 15.1. The second kappa shape index (κ2) is 11.1. The SMILES string of the molecule is c1ccc(-c2ccc(-c3nc4ccccc4nc3-n3c4cccc5c6ccccc6c6cccc7c6c6c(c54)c3ccc6n7-c3ccccc3)cc2)cc1. The average molecular weight is 687 g/mol. The summed E-state index contributed by atoms with van der Waals surface area (Å²) in [6, 6.07) is 65.2. The largest absolute Gasteiger partial charge is 0.309 e. The van der Waals surface area contributed by atoms with Crippen molar-refractivity contribution in [2.45, 2.75) is 0 Å². The molecule has 0 atom stereocenters. The van der Waals surface area contributed by atoms with Crippen molar-refractivity contribution in [2.75, 3.05) is 0 Å². The number of rotatable bonds is 4. The number of fused-ring (bicyclic) bond motifs is 4. The maximum Gasteiger partial charge on any atom is 0.165 e. The summed E-state index contributed by atoms with van der Waals surface area (Å²) in [5, 5.41) is 9.92. The Balaban J connectivity index is 1.27. The minimum atomic E-state index is 0.817. The van der Waals surface area contributed by atoms with Crippen molar-refractivity contribution in [2.24, 2.45) is 0 Å². The first-order valence-corrected chi connectivity index (χ1v) is 18.4. The van der Waals surface area contributed by atoms with Crippen molar-refractivity contribution in [1.82, 2.24) is 19.1 Å². The molecule has 0 aliphatic carbocycles. The Bertz CT molecular complexity index is 3410. The average Bonchev–Trinajstić information content (AvgIpc) is 3.76. The first-order valence-electron chi connectivity index (χ1n) is 18.4. The summed E-state index contributed by atoms with van der Waals surface area (Å²) in [7, 11) is 0. The fourth-order valence-corrected chi connectivity index (χ4v) is 8.97. The Morgan fingerprint density at radius 3 is 1.41 bits per heavy atom. The van der Waals surface area contributed by atoms with Crippen LogP contribution in [0.2, 0.25) is 0 Å². The van der Waals surface area contributed by atoms with Gasteiger partial charge in [0, 0.05) is 32.8 Å². The molecule has 0 N–H and O–H groups in total. The zero-order chi connectivity index (χ0) is 35.3. The van der Waals surface area contributed by atoms with Crippen LogP contribution in [0, 0.1) is 0 Å². The van der Waals surface area contributed by atoms with Crippen molar-refractivity contribution < 1.29 is 0 Å².